The van der Waals surface area contributed by atoms with Crippen molar-refractivity contribution in [3.8, 4) is 0 Å². The molecule has 0 radical (unpaired) electrons. The maximum absolute atomic E-state index is 13.2. The van der Waals surface area contributed by atoms with Crippen LogP contribution in [-0.2, 0) is 0 Å². The Bertz CT molecular complexity index is 599. The number of nitrogens with one attached hydrogen (secondary N) is 1. The molecule has 0 unspecified atom stereocenters. The molecule has 1 heterocycles. The minimum Gasteiger partial charge on any atom is -0.396 e. The molecule has 0 aliphatic heterocycles. The summed E-state index contributed by atoms with van der Waals surface area (Å²) < 4.78 is 13.2. The van der Waals surface area contributed by atoms with Gasteiger partial charge in [0.1, 0.15) is 11.6 Å². The molecule has 0 aliphatic carbocycles. The highest BCUT2D eigenvalue weighted by Crippen LogP contribution is 2.17. The maximum Gasteiger partial charge on any atom is 0.259 e. The Morgan fingerprint density at radius 1 is 1.28 bits per heavy atom. The number of amides is 1. The van der Waals surface area contributed by atoms with Crippen molar-refractivity contribution in [1.82, 2.24) is 4.98 Å². The predicted molar refractivity (Wildman–Crippen MR) is 67.7 cm³/mol. The minimum atomic E-state index is -0.611. The quantitative estimate of drug-likeness (QED) is 0.798. The number of hydrogen-bond donors (Lipinski definition) is 2. The van der Waals surface area contributed by atoms with Gasteiger partial charge >= 0.3 is 0 Å². The summed E-state index contributed by atoms with van der Waals surface area (Å²) >= 11 is 0. The number of para-hydroxylation sites is 1. The van der Waals surface area contributed by atoms with Crippen molar-refractivity contribution in [3.05, 3.63) is 53.5 Å². The molecule has 5 heteroatoms. The first-order valence-electron chi connectivity index (χ1n) is 5.37. The molecular weight excluding hydrogens is 233 g/mol. The van der Waals surface area contributed by atoms with Gasteiger partial charge in [-0.3, -0.25) is 4.79 Å². The Kier molecular flexibility index (Phi) is 3.23. The van der Waals surface area contributed by atoms with Crippen LogP contribution in [0.3, 0.4) is 0 Å². The van der Waals surface area contributed by atoms with Crippen molar-refractivity contribution in [2.45, 2.75) is 6.92 Å². The van der Waals surface area contributed by atoms with Crippen LogP contribution in [0.25, 0.3) is 0 Å². The van der Waals surface area contributed by atoms with Crippen molar-refractivity contribution in [3.63, 3.8) is 0 Å². The molecule has 18 heavy (non-hydrogen) atoms. The summed E-state index contributed by atoms with van der Waals surface area (Å²) in [4.78, 5) is 16.0. The number of pyridine rings is 1. The number of nitrogens with zero attached hydrogens (tertiary/aromatic N) is 1. The second kappa shape index (κ2) is 4.83. The van der Waals surface area contributed by atoms with Gasteiger partial charge in [-0.1, -0.05) is 12.1 Å². The Morgan fingerprint density at radius 3 is 2.72 bits per heavy atom. The Balaban J connectivity index is 2.25. The molecule has 0 saturated heterocycles. The van der Waals surface area contributed by atoms with E-state index in [1.54, 1.807) is 12.1 Å². The third kappa shape index (κ3) is 2.45. The first kappa shape index (κ1) is 12.0. The first-order valence-corrected chi connectivity index (χ1v) is 5.37. The first-order chi connectivity index (χ1) is 8.58. The van der Waals surface area contributed by atoms with Crippen LogP contribution in [-0.4, -0.2) is 10.9 Å². The van der Waals surface area contributed by atoms with Crippen molar-refractivity contribution >= 4 is 17.4 Å². The fourth-order valence-corrected chi connectivity index (χ4v) is 1.53. The second-order valence-electron chi connectivity index (χ2n) is 3.82. The van der Waals surface area contributed by atoms with E-state index in [-0.39, 0.29) is 11.3 Å². The standard InChI is InChI=1S/C13H12FN3O/c1-8-4-2-7-11(16-8)17-13(18)9-5-3-6-10(14)12(9)15/h2-7H,15H2,1H3,(H,16,17,18). The third-order valence-electron chi connectivity index (χ3n) is 2.43. The molecule has 1 amide bonds. The highest BCUT2D eigenvalue weighted by atomic mass is 19.1. The number of nitrogens with two attached hydrogens (primary N) is 1. The lowest BCUT2D eigenvalue weighted by atomic mass is 10.1. The lowest BCUT2D eigenvalue weighted by molar-refractivity contribution is 0.102. The maximum atomic E-state index is 13.2. The molecule has 0 aliphatic rings. The van der Waals surface area contributed by atoms with Gasteiger partial charge in [-0.2, -0.15) is 0 Å². The normalized spacial score (nSPS) is 10.1. The lowest BCUT2D eigenvalue weighted by Crippen LogP contribution is -2.15. The number of aryl methyl sites for hydroxylation is 1. The fourth-order valence-electron chi connectivity index (χ4n) is 1.53. The van der Waals surface area contributed by atoms with Crippen molar-refractivity contribution in [1.29, 1.82) is 0 Å². The van der Waals surface area contributed by atoms with E-state index in [1.807, 2.05) is 13.0 Å². The summed E-state index contributed by atoms with van der Waals surface area (Å²) in [6, 6.07) is 9.34. The summed E-state index contributed by atoms with van der Waals surface area (Å²) in [7, 11) is 0. The van der Waals surface area contributed by atoms with Gasteiger partial charge in [0, 0.05) is 5.69 Å². The van der Waals surface area contributed by atoms with Crippen LogP contribution in [0.1, 0.15) is 16.1 Å². The monoisotopic (exact) mass is 245 g/mol. The van der Waals surface area contributed by atoms with E-state index in [9.17, 15) is 9.18 Å². The molecule has 0 bridgehead atoms. The van der Waals surface area contributed by atoms with Gasteiger partial charge in [-0.25, -0.2) is 9.37 Å². The minimum absolute atomic E-state index is 0.0957. The van der Waals surface area contributed by atoms with E-state index in [0.717, 1.165) is 5.69 Å². The molecule has 4 nitrogen and oxygen atoms in total. The molecule has 1 aromatic carbocycles. The summed E-state index contributed by atoms with van der Waals surface area (Å²) in [6.07, 6.45) is 0. The topological polar surface area (TPSA) is 68.0 Å². The summed E-state index contributed by atoms with van der Waals surface area (Å²) in [5, 5.41) is 2.57. The number of carbonyl (C=O) groups is 1. The summed E-state index contributed by atoms with van der Waals surface area (Å²) in [5.74, 6) is -0.686. The highest BCUT2D eigenvalue weighted by molar-refractivity contribution is 6.07. The van der Waals surface area contributed by atoms with Gasteiger partial charge in [0.2, 0.25) is 0 Å². The van der Waals surface area contributed by atoms with Crippen LogP contribution in [0.5, 0.6) is 0 Å². The molecule has 0 saturated carbocycles. The number of benzene rings is 1. The van der Waals surface area contributed by atoms with Crippen molar-refractivity contribution < 1.29 is 9.18 Å². The average molecular weight is 245 g/mol. The van der Waals surface area contributed by atoms with E-state index in [4.69, 9.17) is 5.73 Å². The number of carbonyl (C=O) groups excluding carboxylic acids is 1. The van der Waals surface area contributed by atoms with E-state index in [1.165, 1.54) is 18.2 Å². The number of aromatic nitrogens is 1. The molecule has 0 fully saturated rings. The van der Waals surface area contributed by atoms with E-state index in [0.29, 0.717) is 5.82 Å². The van der Waals surface area contributed by atoms with Crippen LogP contribution in [0.15, 0.2) is 36.4 Å². The van der Waals surface area contributed by atoms with E-state index >= 15 is 0 Å². The number of rotatable bonds is 2. The zero-order valence-electron chi connectivity index (χ0n) is 9.77. The predicted octanol–water partition coefficient (Wildman–Crippen LogP) is 2.36. The molecule has 92 valence electrons. The van der Waals surface area contributed by atoms with Crippen molar-refractivity contribution in [2.75, 3.05) is 11.1 Å². The van der Waals surface area contributed by atoms with Gasteiger partial charge in [0.25, 0.3) is 5.91 Å². The highest BCUT2D eigenvalue weighted by Gasteiger charge is 2.13. The van der Waals surface area contributed by atoms with Gasteiger partial charge < -0.3 is 11.1 Å². The zero-order chi connectivity index (χ0) is 13.1. The Hall–Kier alpha value is -2.43. The van der Waals surface area contributed by atoms with Crippen LogP contribution in [0, 0.1) is 12.7 Å². The molecule has 0 atom stereocenters. The van der Waals surface area contributed by atoms with Crippen LogP contribution < -0.4 is 11.1 Å². The van der Waals surface area contributed by atoms with Gasteiger partial charge in [0.15, 0.2) is 0 Å². The number of nitrogen functional groups attached to an aromatic ring is 1. The number of anilines is 2. The smallest absolute Gasteiger partial charge is 0.259 e. The second-order valence-corrected chi connectivity index (χ2v) is 3.82. The van der Waals surface area contributed by atoms with Gasteiger partial charge in [-0.05, 0) is 31.2 Å². The van der Waals surface area contributed by atoms with E-state index < -0.39 is 11.7 Å². The molecule has 2 aromatic rings. The van der Waals surface area contributed by atoms with Gasteiger partial charge in [-0.15, -0.1) is 0 Å². The van der Waals surface area contributed by atoms with Crippen LogP contribution >= 0.6 is 0 Å². The van der Waals surface area contributed by atoms with Crippen molar-refractivity contribution in [2.24, 2.45) is 0 Å². The summed E-state index contributed by atoms with van der Waals surface area (Å²) in [5.41, 5.74) is 6.22. The Morgan fingerprint density at radius 2 is 2.00 bits per heavy atom. The SMILES string of the molecule is Cc1cccc(NC(=O)c2cccc(F)c2N)n1. The molecule has 0 spiro atoms. The van der Waals surface area contributed by atoms with Gasteiger partial charge in [0.05, 0.1) is 11.3 Å². The molecule has 1 aromatic heterocycles. The lowest BCUT2D eigenvalue weighted by Gasteiger charge is -2.07. The largest absolute Gasteiger partial charge is 0.396 e. The van der Waals surface area contributed by atoms with Crippen LogP contribution in [0.2, 0.25) is 0 Å². The fraction of sp³-hybridized carbons (Fsp3) is 0.0769. The molecular formula is C13H12FN3O. The zero-order valence-corrected chi connectivity index (χ0v) is 9.77. The van der Waals surface area contributed by atoms with Crippen LogP contribution in [0.4, 0.5) is 15.9 Å². The van der Waals surface area contributed by atoms with E-state index in [2.05, 4.69) is 10.3 Å². The average Bonchev–Trinajstić information content (AvgIpc) is 2.32. The molecule has 2 rings (SSSR count). The summed E-state index contributed by atoms with van der Waals surface area (Å²) in [6.45, 7) is 1.81. The number of hydrogen-bond acceptors (Lipinski definition) is 3. The third-order valence-corrected chi connectivity index (χ3v) is 2.43. The molecule has 3 N–H and O–H groups in total. The Labute approximate surface area is 104 Å². The number of halogens is 1.